The van der Waals surface area contributed by atoms with Crippen LogP contribution in [0.15, 0.2) is 24.3 Å². The van der Waals surface area contributed by atoms with E-state index in [1.165, 1.54) is 37.7 Å². The van der Waals surface area contributed by atoms with Crippen molar-refractivity contribution in [2.75, 3.05) is 13.2 Å². The summed E-state index contributed by atoms with van der Waals surface area (Å²) >= 11 is 0. The molecule has 0 saturated carbocycles. The van der Waals surface area contributed by atoms with Gasteiger partial charge in [0, 0.05) is 13.2 Å². The molecule has 28 heavy (non-hydrogen) atoms. The predicted molar refractivity (Wildman–Crippen MR) is 119 cm³/mol. The smallest absolute Gasteiger partial charge is 0.119 e. The number of hydrogen-bond donors (Lipinski definition) is 1. The molecule has 0 bridgehead atoms. The van der Waals surface area contributed by atoms with Gasteiger partial charge in [0.15, 0.2) is 0 Å². The molecular formula is C25H43NO2. The molecule has 0 spiro atoms. The highest BCUT2D eigenvalue weighted by Crippen LogP contribution is 2.46. The van der Waals surface area contributed by atoms with Crippen molar-refractivity contribution in [3.8, 4) is 5.75 Å². The van der Waals surface area contributed by atoms with E-state index >= 15 is 0 Å². The van der Waals surface area contributed by atoms with E-state index in [0.717, 1.165) is 37.8 Å². The average molecular weight is 390 g/mol. The van der Waals surface area contributed by atoms with Crippen molar-refractivity contribution < 1.29 is 9.47 Å². The van der Waals surface area contributed by atoms with Gasteiger partial charge in [0.25, 0.3) is 0 Å². The number of rotatable bonds is 11. The van der Waals surface area contributed by atoms with Crippen LogP contribution in [-0.4, -0.2) is 24.9 Å². The Hall–Kier alpha value is -1.06. The first kappa shape index (κ1) is 23.2. The molecule has 2 atom stereocenters. The van der Waals surface area contributed by atoms with Crippen LogP contribution < -0.4 is 10.1 Å². The molecule has 2 rings (SSSR count). The Morgan fingerprint density at radius 1 is 1.11 bits per heavy atom. The van der Waals surface area contributed by atoms with E-state index in [2.05, 4.69) is 71.1 Å². The molecule has 0 unspecified atom stereocenters. The topological polar surface area (TPSA) is 30.5 Å². The van der Waals surface area contributed by atoms with E-state index < -0.39 is 0 Å². The lowest BCUT2D eigenvalue weighted by molar-refractivity contribution is -0.122. The van der Waals surface area contributed by atoms with Crippen LogP contribution in [0.2, 0.25) is 0 Å². The van der Waals surface area contributed by atoms with Crippen molar-refractivity contribution in [1.29, 1.82) is 0 Å². The van der Waals surface area contributed by atoms with Gasteiger partial charge in [-0.25, -0.2) is 0 Å². The molecule has 1 aliphatic rings. The molecule has 1 aliphatic heterocycles. The Morgan fingerprint density at radius 3 is 2.43 bits per heavy atom. The average Bonchev–Trinajstić information content (AvgIpc) is 2.65. The van der Waals surface area contributed by atoms with E-state index in [1.807, 2.05) is 0 Å². The van der Waals surface area contributed by atoms with Crippen LogP contribution in [-0.2, 0) is 11.3 Å². The van der Waals surface area contributed by atoms with Crippen LogP contribution in [0.1, 0.15) is 85.6 Å². The maximum atomic E-state index is 6.16. The van der Waals surface area contributed by atoms with E-state index in [-0.39, 0.29) is 11.7 Å². The fourth-order valence-electron chi connectivity index (χ4n) is 4.36. The van der Waals surface area contributed by atoms with Crippen LogP contribution in [0.4, 0.5) is 0 Å². The van der Waals surface area contributed by atoms with Crippen molar-refractivity contribution in [3.05, 3.63) is 29.8 Å². The highest BCUT2D eigenvalue weighted by molar-refractivity contribution is 5.27. The molecular weight excluding hydrogens is 346 g/mol. The fourth-order valence-corrected chi connectivity index (χ4v) is 4.36. The number of ether oxygens (including phenoxy) is 2. The van der Waals surface area contributed by atoms with Gasteiger partial charge in [0.05, 0.1) is 11.7 Å². The SMILES string of the molecule is CC[C@@]1(C)C[C@](CCNCc2ccc(OC(C)C)cc2)(CCC(C)C)CCO1. The first-order chi connectivity index (χ1) is 13.3. The van der Waals surface area contributed by atoms with Gasteiger partial charge in [-0.2, -0.15) is 0 Å². The summed E-state index contributed by atoms with van der Waals surface area (Å²) in [5, 5.41) is 3.69. The van der Waals surface area contributed by atoms with Gasteiger partial charge in [-0.1, -0.05) is 39.3 Å². The predicted octanol–water partition coefficient (Wildman–Crippen LogP) is 6.36. The largest absolute Gasteiger partial charge is 0.491 e. The van der Waals surface area contributed by atoms with Crippen LogP contribution in [0.3, 0.4) is 0 Å². The summed E-state index contributed by atoms with van der Waals surface area (Å²) in [6.45, 7) is 16.3. The molecule has 0 aliphatic carbocycles. The van der Waals surface area contributed by atoms with Gasteiger partial charge in [-0.15, -0.1) is 0 Å². The summed E-state index contributed by atoms with van der Waals surface area (Å²) in [5.74, 6) is 1.72. The standard InChI is InChI=1S/C25H43NO2/c1-7-24(6)19-25(15-17-27-24,13-12-20(2)3)14-16-26-18-22-8-10-23(11-9-22)28-21(4)5/h8-11,20-21,26H,7,12-19H2,1-6H3/t24-,25-/m0/s1. The third-order valence-corrected chi connectivity index (χ3v) is 6.29. The first-order valence-corrected chi connectivity index (χ1v) is 11.4. The zero-order valence-corrected chi connectivity index (χ0v) is 19.1. The Balaban J connectivity index is 1.87. The van der Waals surface area contributed by atoms with Crippen molar-refractivity contribution in [2.45, 2.75) is 98.3 Å². The lowest BCUT2D eigenvalue weighted by atomic mass is 9.67. The molecule has 0 amide bonds. The normalized spacial score (nSPS) is 25.4. The summed E-state index contributed by atoms with van der Waals surface area (Å²) in [5.41, 5.74) is 1.80. The monoisotopic (exact) mass is 389 g/mol. The van der Waals surface area contributed by atoms with Crippen molar-refractivity contribution in [3.63, 3.8) is 0 Å². The summed E-state index contributed by atoms with van der Waals surface area (Å²) in [6.07, 6.45) is 7.62. The summed E-state index contributed by atoms with van der Waals surface area (Å²) in [4.78, 5) is 0. The summed E-state index contributed by atoms with van der Waals surface area (Å²) in [6, 6.07) is 8.49. The Labute approximate surface area is 173 Å². The van der Waals surface area contributed by atoms with Crippen molar-refractivity contribution in [1.82, 2.24) is 5.32 Å². The second-order valence-corrected chi connectivity index (χ2v) is 9.75. The zero-order valence-electron chi connectivity index (χ0n) is 19.1. The molecule has 1 fully saturated rings. The van der Waals surface area contributed by atoms with Crippen molar-refractivity contribution in [2.24, 2.45) is 11.3 Å². The number of benzene rings is 1. The van der Waals surface area contributed by atoms with E-state index in [9.17, 15) is 0 Å². The van der Waals surface area contributed by atoms with Gasteiger partial charge in [0.1, 0.15) is 5.75 Å². The van der Waals surface area contributed by atoms with Gasteiger partial charge in [0.2, 0.25) is 0 Å². The van der Waals surface area contributed by atoms with Gasteiger partial charge in [-0.05, 0) is 88.4 Å². The van der Waals surface area contributed by atoms with E-state index in [0.29, 0.717) is 5.41 Å². The molecule has 0 aromatic heterocycles. The minimum absolute atomic E-state index is 0.0570. The van der Waals surface area contributed by atoms with Crippen molar-refractivity contribution >= 4 is 0 Å². The fraction of sp³-hybridized carbons (Fsp3) is 0.760. The van der Waals surface area contributed by atoms with Gasteiger partial charge in [-0.3, -0.25) is 0 Å². The van der Waals surface area contributed by atoms with Gasteiger partial charge >= 0.3 is 0 Å². The van der Waals surface area contributed by atoms with E-state index in [1.54, 1.807) is 0 Å². The maximum Gasteiger partial charge on any atom is 0.119 e. The minimum Gasteiger partial charge on any atom is -0.491 e. The molecule has 3 heteroatoms. The molecule has 1 aromatic carbocycles. The summed E-state index contributed by atoms with van der Waals surface area (Å²) in [7, 11) is 0. The van der Waals surface area contributed by atoms with Gasteiger partial charge < -0.3 is 14.8 Å². The highest BCUT2D eigenvalue weighted by Gasteiger charge is 2.41. The quantitative estimate of drug-likeness (QED) is 0.447. The van der Waals surface area contributed by atoms with E-state index in [4.69, 9.17) is 9.47 Å². The molecule has 3 nitrogen and oxygen atoms in total. The molecule has 1 aromatic rings. The second-order valence-electron chi connectivity index (χ2n) is 9.75. The van der Waals surface area contributed by atoms with Crippen LogP contribution >= 0.6 is 0 Å². The lowest BCUT2D eigenvalue weighted by Crippen LogP contribution is -2.44. The Morgan fingerprint density at radius 2 is 1.82 bits per heavy atom. The van der Waals surface area contributed by atoms with Crippen LogP contribution in [0, 0.1) is 11.3 Å². The third-order valence-electron chi connectivity index (χ3n) is 6.29. The molecule has 1 N–H and O–H groups in total. The number of hydrogen-bond acceptors (Lipinski definition) is 3. The molecule has 0 radical (unpaired) electrons. The molecule has 1 saturated heterocycles. The summed E-state index contributed by atoms with van der Waals surface area (Å²) < 4.78 is 11.9. The highest BCUT2D eigenvalue weighted by atomic mass is 16.5. The first-order valence-electron chi connectivity index (χ1n) is 11.4. The molecule has 160 valence electrons. The second kappa shape index (κ2) is 10.6. The Kier molecular flexibility index (Phi) is 8.82. The minimum atomic E-state index is 0.0570. The third kappa shape index (κ3) is 7.40. The van der Waals surface area contributed by atoms with Crippen LogP contribution in [0.5, 0.6) is 5.75 Å². The zero-order chi connectivity index (χ0) is 20.6. The molecule has 1 heterocycles. The lowest BCUT2D eigenvalue weighted by Gasteiger charge is -2.47. The Bertz CT molecular complexity index is 568. The van der Waals surface area contributed by atoms with Crippen LogP contribution in [0.25, 0.3) is 0 Å². The number of nitrogens with one attached hydrogen (secondary N) is 1. The maximum absolute atomic E-state index is 6.16.